The maximum absolute atomic E-state index is 11.9. The number of carbonyl (C=O) groups excluding carboxylic acids is 3. The second kappa shape index (κ2) is 8.58. The van der Waals surface area contributed by atoms with E-state index in [1.54, 1.807) is 30.3 Å². The molecule has 1 aromatic carbocycles. The Morgan fingerprint density at radius 1 is 1.20 bits per heavy atom. The molecule has 1 aliphatic carbocycles. The van der Waals surface area contributed by atoms with Crippen LogP contribution < -0.4 is 0 Å². The molecule has 7 heteroatoms. The summed E-state index contributed by atoms with van der Waals surface area (Å²) in [5, 5.41) is 9.76. The van der Waals surface area contributed by atoms with Gasteiger partial charge in [0.25, 0.3) is 0 Å². The first-order valence-corrected chi connectivity index (χ1v) is 7.57. The van der Waals surface area contributed by atoms with Crippen LogP contribution in [-0.2, 0) is 19.1 Å². The number of ketones is 1. The van der Waals surface area contributed by atoms with Gasteiger partial charge in [-0.2, -0.15) is 0 Å². The molecule has 0 radical (unpaired) electrons. The number of methoxy groups -OCH3 is 1. The third-order valence-electron chi connectivity index (χ3n) is 3.44. The molecule has 0 atom stereocenters. The lowest BCUT2D eigenvalue weighted by Gasteiger charge is -2.11. The zero-order valence-electron chi connectivity index (χ0n) is 13.6. The Bertz CT molecular complexity index is 761. The first kappa shape index (κ1) is 18.1. The minimum atomic E-state index is -0.847. The van der Waals surface area contributed by atoms with Gasteiger partial charge in [0.2, 0.25) is 0 Å². The van der Waals surface area contributed by atoms with Crippen LogP contribution in [0.25, 0.3) is 0 Å². The van der Waals surface area contributed by atoms with Gasteiger partial charge in [0, 0.05) is 19.1 Å². The van der Waals surface area contributed by atoms with Crippen LogP contribution in [-0.4, -0.2) is 36.2 Å². The van der Waals surface area contributed by atoms with Crippen LogP contribution in [0.3, 0.4) is 0 Å². The van der Waals surface area contributed by atoms with E-state index >= 15 is 0 Å². The number of aliphatic hydroxyl groups is 1. The van der Waals surface area contributed by atoms with Gasteiger partial charge in [-0.25, -0.2) is 14.6 Å². The normalized spacial score (nSPS) is 15.4. The van der Waals surface area contributed by atoms with Crippen molar-refractivity contribution in [3.63, 3.8) is 0 Å². The zero-order valence-corrected chi connectivity index (χ0v) is 13.6. The highest BCUT2D eigenvalue weighted by atomic mass is 16.5. The molecular formula is C18H17NO6. The Balaban J connectivity index is 2.19. The molecule has 130 valence electrons. The predicted octanol–water partition coefficient (Wildman–Crippen LogP) is 2.49. The third-order valence-corrected chi connectivity index (χ3v) is 3.44. The molecule has 1 N–H and O–H groups in total. The van der Waals surface area contributed by atoms with Crippen molar-refractivity contribution < 1.29 is 29.0 Å². The summed E-state index contributed by atoms with van der Waals surface area (Å²) in [6.07, 6.45) is 3.16. The molecule has 0 heterocycles. The van der Waals surface area contributed by atoms with Gasteiger partial charge in [-0.3, -0.25) is 4.79 Å². The van der Waals surface area contributed by atoms with E-state index in [-0.39, 0.29) is 22.8 Å². The number of nitrogens with zero attached hydrogens (tertiary/aromatic N) is 1. The number of aliphatic hydroxyl groups excluding tert-OH is 1. The SMILES string of the molecule is COC(=O)/C(=C/OC(=O)c1ccccc1)N=CC1=C(O)CCCC1=O. The summed E-state index contributed by atoms with van der Waals surface area (Å²) >= 11 is 0. The highest BCUT2D eigenvalue weighted by Gasteiger charge is 2.19. The van der Waals surface area contributed by atoms with Crippen LogP contribution in [0.5, 0.6) is 0 Å². The molecule has 7 nitrogen and oxygen atoms in total. The fourth-order valence-corrected chi connectivity index (χ4v) is 2.11. The Morgan fingerprint density at radius 2 is 1.92 bits per heavy atom. The van der Waals surface area contributed by atoms with E-state index in [2.05, 4.69) is 9.73 Å². The standard InChI is InChI=1S/C18H17NO6/c1-24-18(23)14(11-25-17(22)12-6-3-2-4-7-12)19-10-13-15(20)8-5-9-16(13)21/h2-4,6-7,10-11,20H,5,8-9H2,1H3/b14-11-,19-10?. The molecule has 1 aliphatic rings. The van der Waals surface area contributed by atoms with Crippen LogP contribution in [0.15, 0.2) is 58.6 Å². The van der Waals surface area contributed by atoms with Gasteiger partial charge in [-0.05, 0) is 18.6 Å². The molecule has 0 bridgehead atoms. The Hall–Kier alpha value is -3.22. The van der Waals surface area contributed by atoms with Gasteiger partial charge in [-0.1, -0.05) is 18.2 Å². The molecule has 1 aromatic rings. The van der Waals surface area contributed by atoms with E-state index in [9.17, 15) is 19.5 Å². The molecule has 0 fully saturated rings. The first-order valence-electron chi connectivity index (χ1n) is 7.57. The van der Waals surface area contributed by atoms with E-state index in [4.69, 9.17) is 4.74 Å². The van der Waals surface area contributed by atoms with E-state index in [1.165, 1.54) is 0 Å². The number of aliphatic imine (C=N–C) groups is 1. The van der Waals surface area contributed by atoms with Crippen molar-refractivity contribution in [3.8, 4) is 0 Å². The van der Waals surface area contributed by atoms with Crippen molar-refractivity contribution in [2.45, 2.75) is 19.3 Å². The summed E-state index contributed by atoms with van der Waals surface area (Å²) < 4.78 is 9.50. The van der Waals surface area contributed by atoms with Crippen LogP contribution in [0.4, 0.5) is 0 Å². The summed E-state index contributed by atoms with van der Waals surface area (Å²) in [6.45, 7) is 0. The summed E-state index contributed by atoms with van der Waals surface area (Å²) in [4.78, 5) is 39.2. The molecule has 0 amide bonds. The highest BCUT2D eigenvalue weighted by molar-refractivity contribution is 6.14. The fourth-order valence-electron chi connectivity index (χ4n) is 2.11. The van der Waals surface area contributed by atoms with Crippen LogP contribution in [0.1, 0.15) is 29.6 Å². The minimum absolute atomic E-state index is 0.0374. The number of carbonyl (C=O) groups is 3. The van der Waals surface area contributed by atoms with E-state index < -0.39 is 11.9 Å². The van der Waals surface area contributed by atoms with Gasteiger partial charge in [0.15, 0.2) is 11.5 Å². The minimum Gasteiger partial charge on any atom is -0.512 e. The average Bonchev–Trinajstić information content (AvgIpc) is 2.63. The molecule has 2 rings (SSSR count). The maximum Gasteiger partial charge on any atom is 0.359 e. The smallest absolute Gasteiger partial charge is 0.359 e. The van der Waals surface area contributed by atoms with Crippen molar-refractivity contribution >= 4 is 23.9 Å². The summed E-state index contributed by atoms with van der Waals surface area (Å²) in [5.74, 6) is -1.86. The topological polar surface area (TPSA) is 102 Å². The van der Waals surface area contributed by atoms with Gasteiger partial charge < -0.3 is 14.6 Å². The molecule has 0 aliphatic heterocycles. The number of benzene rings is 1. The Morgan fingerprint density at radius 3 is 2.56 bits per heavy atom. The molecule has 25 heavy (non-hydrogen) atoms. The fraction of sp³-hybridized carbons (Fsp3) is 0.222. The van der Waals surface area contributed by atoms with Crippen LogP contribution >= 0.6 is 0 Å². The number of Topliss-reactive ketones (excluding diaryl/α,β-unsaturated/α-hetero) is 1. The number of ether oxygens (including phenoxy) is 2. The average molecular weight is 343 g/mol. The lowest BCUT2D eigenvalue weighted by atomic mass is 9.97. The zero-order chi connectivity index (χ0) is 18.2. The van der Waals surface area contributed by atoms with Gasteiger partial charge in [0.05, 0.1) is 18.2 Å². The molecule has 0 saturated carbocycles. The second-order valence-corrected chi connectivity index (χ2v) is 5.16. The maximum atomic E-state index is 11.9. The van der Waals surface area contributed by atoms with E-state index in [0.29, 0.717) is 24.8 Å². The highest BCUT2D eigenvalue weighted by Crippen LogP contribution is 2.19. The second-order valence-electron chi connectivity index (χ2n) is 5.16. The number of esters is 2. The third kappa shape index (κ3) is 4.87. The van der Waals surface area contributed by atoms with Crippen LogP contribution in [0.2, 0.25) is 0 Å². The van der Waals surface area contributed by atoms with Gasteiger partial charge >= 0.3 is 11.9 Å². The molecular weight excluding hydrogens is 326 g/mol. The molecule has 0 unspecified atom stereocenters. The number of rotatable bonds is 5. The van der Waals surface area contributed by atoms with Crippen molar-refractivity contribution in [2.24, 2.45) is 4.99 Å². The van der Waals surface area contributed by atoms with E-state index in [1.807, 2.05) is 0 Å². The number of hydrogen-bond acceptors (Lipinski definition) is 7. The predicted molar refractivity (Wildman–Crippen MR) is 89.0 cm³/mol. The Labute approximate surface area is 144 Å². The number of allylic oxidation sites excluding steroid dienone is 2. The lowest BCUT2D eigenvalue weighted by Crippen LogP contribution is -2.13. The largest absolute Gasteiger partial charge is 0.512 e. The summed E-state index contributed by atoms with van der Waals surface area (Å²) in [6, 6.07) is 8.20. The Kier molecular flexibility index (Phi) is 6.22. The molecule has 0 aromatic heterocycles. The monoisotopic (exact) mass is 343 g/mol. The molecule has 0 saturated heterocycles. The van der Waals surface area contributed by atoms with E-state index in [0.717, 1.165) is 19.6 Å². The first-order chi connectivity index (χ1) is 12.0. The number of hydrogen-bond donors (Lipinski definition) is 1. The van der Waals surface area contributed by atoms with Gasteiger partial charge in [0.1, 0.15) is 12.0 Å². The van der Waals surface area contributed by atoms with Crippen molar-refractivity contribution in [2.75, 3.05) is 7.11 Å². The lowest BCUT2D eigenvalue weighted by molar-refractivity contribution is -0.136. The van der Waals surface area contributed by atoms with Crippen molar-refractivity contribution in [3.05, 3.63) is 59.2 Å². The van der Waals surface area contributed by atoms with Crippen LogP contribution in [0, 0.1) is 0 Å². The quantitative estimate of drug-likeness (QED) is 0.381. The van der Waals surface area contributed by atoms with Gasteiger partial charge in [-0.15, -0.1) is 0 Å². The summed E-state index contributed by atoms with van der Waals surface area (Å²) in [5.41, 5.74) is 0.0238. The van der Waals surface area contributed by atoms with Crippen molar-refractivity contribution in [1.29, 1.82) is 0 Å². The molecule has 0 spiro atoms. The summed E-state index contributed by atoms with van der Waals surface area (Å²) in [7, 11) is 1.15. The van der Waals surface area contributed by atoms with Crippen molar-refractivity contribution in [1.82, 2.24) is 0 Å².